The summed E-state index contributed by atoms with van der Waals surface area (Å²) in [6, 6.07) is 11.0. The molecule has 0 saturated carbocycles. The first kappa shape index (κ1) is 23.3. The predicted octanol–water partition coefficient (Wildman–Crippen LogP) is 5.03. The van der Waals surface area contributed by atoms with Crippen LogP contribution in [0.15, 0.2) is 36.4 Å². The van der Waals surface area contributed by atoms with Crippen LogP contribution in [0.5, 0.6) is 11.5 Å². The van der Waals surface area contributed by atoms with Crippen LogP contribution in [0.25, 0.3) is 0 Å². The monoisotopic (exact) mass is 463 g/mol. The smallest absolute Gasteiger partial charge is 0.305 e. The fourth-order valence-electron chi connectivity index (χ4n) is 3.78. The van der Waals surface area contributed by atoms with Crippen molar-refractivity contribution in [3.8, 4) is 11.5 Å². The standard InChI is InChI=1S/C23H26ClNO5S/c1-13(2)12-25-17-9-8-14(24)10-16(17)22(31-19(23(25)28)11-20(26)27)15-6-5-7-18(29-3)21(15)30-4/h5-10,13,19,22H,11-12H2,1-4H3,(H,26,27). The average molecular weight is 464 g/mol. The quantitative estimate of drug-likeness (QED) is 0.620. The van der Waals surface area contributed by atoms with Gasteiger partial charge in [-0.15, -0.1) is 11.8 Å². The number of hydrogen-bond acceptors (Lipinski definition) is 5. The Morgan fingerprint density at radius 3 is 2.55 bits per heavy atom. The first-order valence-electron chi connectivity index (χ1n) is 9.95. The van der Waals surface area contributed by atoms with E-state index in [0.29, 0.717) is 23.1 Å². The molecule has 1 N–H and O–H groups in total. The second-order valence-electron chi connectivity index (χ2n) is 7.73. The van der Waals surface area contributed by atoms with Gasteiger partial charge in [0.25, 0.3) is 0 Å². The van der Waals surface area contributed by atoms with Gasteiger partial charge < -0.3 is 19.5 Å². The average Bonchev–Trinajstić information content (AvgIpc) is 2.82. The van der Waals surface area contributed by atoms with Gasteiger partial charge in [-0.05, 0) is 35.7 Å². The lowest BCUT2D eigenvalue weighted by molar-refractivity contribution is -0.138. The molecule has 2 unspecified atom stereocenters. The summed E-state index contributed by atoms with van der Waals surface area (Å²) in [5.74, 6) is 0.0800. The van der Waals surface area contributed by atoms with Gasteiger partial charge in [0.1, 0.15) is 0 Å². The van der Waals surface area contributed by atoms with E-state index in [4.69, 9.17) is 21.1 Å². The number of thioether (sulfide) groups is 1. The third-order valence-electron chi connectivity index (χ3n) is 5.03. The van der Waals surface area contributed by atoms with Crippen molar-refractivity contribution in [1.29, 1.82) is 0 Å². The molecule has 2 aromatic rings. The van der Waals surface area contributed by atoms with Crippen LogP contribution in [0.2, 0.25) is 5.02 Å². The van der Waals surface area contributed by atoms with Gasteiger partial charge in [0, 0.05) is 22.8 Å². The number of halogens is 1. The summed E-state index contributed by atoms with van der Waals surface area (Å²) >= 11 is 7.67. The number of para-hydroxylation sites is 1. The van der Waals surface area contributed by atoms with E-state index in [9.17, 15) is 14.7 Å². The number of aliphatic carboxylic acids is 1. The van der Waals surface area contributed by atoms with Gasteiger partial charge in [-0.2, -0.15) is 0 Å². The highest BCUT2D eigenvalue weighted by Crippen LogP contribution is 2.51. The van der Waals surface area contributed by atoms with E-state index in [1.807, 2.05) is 38.1 Å². The molecule has 0 bridgehead atoms. The lowest BCUT2D eigenvalue weighted by atomic mass is 9.99. The first-order chi connectivity index (χ1) is 14.8. The Morgan fingerprint density at radius 2 is 1.94 bits per heavy atom. The molecule has 1 heterocycles. The normalized spacial score (nSPS) is 18.5. The summed E-state index contributed by atoms with van der Waals surface area (Å²) in [7, 11) is 3.13. The van der Waals surface area contributed by atoms with E-state index in [1.165, 1.54) is 11.8 Å². The fourth-order valence-corrected chi connectivity index (χ4v) is 5.44. The van der Waals surface area contributed by atoms with E-state index in [-0.39, 0.29) is 23.5 Å². The lowest BCUT2D eigenvalue weighted by Crippen LogP contribution is -2.40. The van der Waals surface area contributed by atoms with Gasteiger partial charge in [0.05, 0.1) is 31.1 Å². The number of anilines is 1. The van der Waals surface area contributed by atoms with Crippen molar-refractivity contribution < 1.29 is 24.2 Å². The zero-order chi connectivity index (χ0) is 22.7. The zero-order valence-electron chi connectivity index (χ0n) is 17.9. The number of carboxylic acids is 1. The number of fused-ring (bicyclic) bond motifs is 1. The van der Waals surface area contributed by atoms with Crippen LogP contribution in [-0.2, 0) is 9.59 Å². The molecule has 3 rings (SSSR count). The highest BCUT2D eigenvalue weighted by Gasteiger charge is 2.38. The number of amides is 1. The van der Waals surface area contributed by atoms with E-state index < -0.39 is 11.2 Å². The van der Waals surface area contributed by atoms with Gasteiger partial charge in [0.15, 0.2) is 11.5 Å². The highest BCUT2D eigenvalue weighted by molar-refractivity contribution is 8.01. The molecule has 2 aromatic carbocycles. The zero-order valence-corrected chi connectivity index (χ0v) is 19.5. The van der Waals surface area contributed by atoms with Crippen molar-refractivity contribution >= 4 is 40.9 Å². The van der Waals surface area contributed by atoms with E-state index in [2.05, 4.69) is 0 Å². The Bertz CT molecular complexity index is 980. The van der Waals surface area contributed by atoms with Gasteiger partial charge in [-0.1, -0.05) is 37.6 Å². The predicted molar refractivity (Wildman–Crippen MR) is 124 cm³/mol. The molecule has 31 heavy (non-hydrogen) atoms. The molecule has 0 spiro atoms. The first-order valence-corrected chi connectivity index (χ1v) is 11.3. The molecule has 8 heteroatoms. The molecule has 6 nitrogen and oxygen atoms in total. The second-order valence-corrected chi connectivity index (χ2v) is 9.48. The number of carbonyl (C=O) groups is 2. The molecular formula is C23H26ClNO5S. The number of carbonyl (C=O) groups excluding carboxylic acids is 1. The number of nitrogens with zero attached hydrogens (tertiary/aromatic N) is 1. The molecule has 1 aliphatic heterocycles. The molecule has 2 atom stereocenters. The van der Waals surface area contributed by atoms with Crippen molar-refractivity contribution in [3.05, 3.63) is 52.5 Å². The van der Waals surface area contributed by atoms with Crippen LogP contribution in [0.3, 0.4) is 0 Å². The van der Waals surface area contributed by atoms with Crippen molar-refractivity contribution in [1.82, 2.24) is 0 Å². The molecular weight excluding hydrogens is 438 g/mol. The third-order valence-corrected chi connectivity index (χ3v) is 6.74. The molecule has 0 aliphatic carbocycles. The van der Waals surface area contributed by atoms with Crippen molar-refractivity contribution in [2.24, 2.45) is 5.92 Å². The molecule has 0 saturated heterocycles. The second kappa shape index (κ2) is 9.83. The largest absolute Gasteiger partial charge is 0.493 e. The Balaban J connectivity index is 2.25. The van der Waals surface area contributed by atoms with Gasteiger partial charge >= 0.3 is 5.97 Å². The minimum absolute atomic E-state index is 0.200. The minimum Gasteiger partial charge on any atom is -0.493 e. The van der Waals surface area contributed by atoms with Gasteiger partial charge in [0.2, 0.25) is 5.91 Å². The summed E-state index contributed by atoms with van der Waals surface area (Å²) in [5, 5.41) is 8.90. The Labute approximate surface area is 191 Å². The third kappa shape index (κ3) is 4.93. The van der Waals surface area contributed by atoms with Crippen LogP contribution >= 0.6 is 23.4 Å². The molecule has 1 aliphatic rings. The van der Waals surface area contributed by atoms with Crippen LogP contribution in [-0.4, -0.2) is 43.0 Å². The van der Waals surface area contributed by atoms with E-state index in [0.717, 1.165) is 16.8 Å². The van der Waals surface area contributed by atoms with Gasteiger partial charge in [-0.3, -0.25) is 9.59 Å². The van der Waals surface area contributed by atoms with Crippen molar-refractivity contribution in [2.75, 3.05) is 25.7 Å². The Kier molecular flexibility index (Phi) is 7.38. The topological polar surface area (TPSA) is 76.1 Å². The number of carboxylic acid groups (broad SMARTS) is 1. The fraction of sp³-hybridized carbons (Fsp3) is 0.391. The van der Waals surface area contributed by atoms with E-state index >= 15 is 0 Å². The summed E-state index contributed by atoms with van der Waals surface area (Å²) in [6.45, 7) is 4.53. The minimum atomic E-state index is -1.02. The van der Waals surface area contributed by atoms with Crippen molar-refractivity contribution in [3.63, 3.8) is 0 Å². The maximum atomic E-state index is 13.5. The summed E-state index contributed by atoms with van der Waals surface area (Å²) in [4.78, 5) is 26.8. The summed E-state index contributed by atoms with van der Waals surface area (Å²) in [5.41, 5.74) is 2.37. The van der Waals surface area contributed by atoms with Crippen LogP contribution < -0.4 is 14.4 Å². The number of methoxy groups -OCH3 is 2. The maximum absolute atomic E-state index is 13.5. The molecule has 0 fully saturated rings. The number of benzene rings is 2. The molecule has 166 valence electrons. The highest BCUT2D eigenvalue weighted by atomic mass is 35.5. The summed E-state index contributed by atoms with van der Waals surface area (Å²) in [6.07, 6.45) is -0.275. The van der Waals surface area contributed by atoms with Crippen molar-refractivity contribution in [2.45, 2.75) is 30.8 Å². The van der Waals surface area contributed by atoms with Crippen LogP contribution in [0.4, 0.5) is 5.69 Å². The molecule has 0 aromatic heterocycles. The number of rotatable bonds is 7. The Hall–Kier alpha value is -2.38. The summed E-state index contributed by atoms with van der Waals surface area (Å²) < 4.78 is 11.1. The molecule has 0 radical (unpaired) electrons. The Morgan fingerprint density at radius 1 is 1.19 bits per heavy atom. The van der Waals surface area contributed by atoms with Crippen LogP contribution in [0.1, 0.15) is 36.6 Å². The van der Waals surface area contributed by atoms with Gasteiger partial charge in [-0.25, -0.2) is 0 Å². The molecule has 1 amide bonds. The maximum Gasteiger partial charge on any atom is 0.305 e. The lowest BCUT2D eigenvalue weighted by Gasteiger charge is -2.27. The van der Waals surface area contributed by atoms with Crippen LogP contribution in [0, 0.1) is 5.92 Å². The number of hydrogen-bond donors (Lipinski definition) is 1. The SMILES string of the molecule is COc1cccc(C2SC(CC(=O)O)C(=O)N(CC(C)C)c3ccc(Cl)cc32)c1OC. The van der Waals surface area contributed by atoms with E-state index in [1.54, 1.807) is 31.3 Å². The number of ether oxygens (including phenoxy) is 2.